The summed E-state index contributed by atoms with van der Waals surface area (Å²) in [5.74, 6) is -2.00. The molecule has 0 aliphatic rings. The molecule has 3 N–H and O–H groups in total. The van der Waals surface area contributed by atoms with E-state index in [1.165, 1.54) is 12.3 Å². The number of aliphatic hydroxyl groups is 1. The van der Waals surface area contributed by atoms with Crippen molar-refractivity contribution in [2.75, 3.05) is 6.54 Å². The maximum Gasteiger partial charge on any atom is 0.334 e. The molecule has 1 amide bonds. The summed E-state index contributed by atoms with van der Waals surface area (Å²) >= 11 is 0. The van der Waals surface area contributed by atoms with Crippen LogP contribution < -0.4 is 5.32 Å². The molecule has 1 atom stereocenters. The summed E-state index contributed by atoms with van der Waals surface area (Å²) in [6.07, 6.45) is -0.409. The highest BCUT2D eigenvalue weighted by molar-refractivity contribution is 5.92. The van der Waals surface area contributed by atoms with Crippen molar-refractivity contribution in [2.24, 2.45) is 0 Å². The molecule has 0 radical (unpaired) electrons. The number of rotatable bonds is 4. The molecule has 0 spiro atoms. The van der Waals surface area contributed by atoms with E-state index in [-0.39, 0.29) is 12.2 Å². The number of aromatic nitrogens is 1. The van der Waals surface area contributed by atoms with Gasteiger partial charge in [-0.2, -0.15) is 0 Å². The number of hydrogen-bond donors (Lipinski definition) is 3. The number of nitrogens with zero attached hydrogens (tertiary/aromatic N) is 1. The summed E-state index contributed by atoms with van der Waals surface area (Å²) in [5.41, 5.74) is 0.0302. The standard InChI is InChI=1S/C7H8N2O5/c10-5(7(12)13)3-8-6(11)4-1-2-14-9-4/h1-2,5,10H,3H2,(H,8,11)(H,12,13)/t5-/m0/s1. The molecule has 0 aliphatic heterocycles. The fraction of sp³-hybridized carbons (Fsp3) is 0.286. The van der Waals surface area contributed by atoms with Gasteiger partial charge in [0.1, 0.15) is 6.26 Å². The van der Waals surface area contributed by atoms with Crippen molar-refractivity contribution in [1.29, 1.82) is 0 Å². The summed E-state index contributed by atoms with van der Waals surface area (Å²) in [7, 11) is 0. The van der Waals surface area contributed by atoms with Crippen LogP contribution >= 0.6 is 0 Å². The van der Waals surface area contributed by atoms with Gasteiger partial charge in [0, 0.05) is 6.07 Å². The molecule has 7 nitrogen and oxygen atoms in total. The van der Waals surface area contributed by atoms with E-state index in [0.717, 1.165) is 0 Å². The van der Waals surface area contributed by atoms with Gasteiger partial charge in [-0.1, -0.05) is 5.16 Å². The molecular weight excluding hydrogens is 192 g/mol. The predicted molar refractivity (Wildman–Crippen MR) is 42.5 cm³/mol. The van der Waals surface area contributed by atoms with Crippen LogP contribution in [0.4, 0.5) is 0 Å². The smallest absolute Gasteiger partial charge is 0.334 e. The molecule has 76 valence electrons. The minimum absolute atomic E-state index is 0.0302. The Bertz CT molecular complexity index is 321. The quantitative estimate of drug-likeness (QED) is 0.565. The highest BCUT2D eigenvalue weighted by Crippen LogP contribution is 1.93. The van der Waals surface area contributed by atoms with Crippen LogP contribution in [0.15, 0.2) is 16.9 Å². The van der Waals surface area contributed by atoms with Gasteiger partial charge in [-0.25, -0.2) is 4.79 Å². The Balaban J connectivity index is 2.40. The molecule has 1 aromatic rings. The van der Waals surface area contributed by atoms with Crippen LogP contribution in [-0.2, 0) is 4.79 Å². The molecule has 0 aromatic carbocycles. The first-order valence-electron chi connectivity index (χ1n) is 3.70. The molecule has 0 unspecified atom stereocenters. The van der Waals surface area contributed by atoms with Gasteiger partial charge in [0.2, 0.25) is 0 Å². The molecule has 0 bridgehead atoms. The number of carboxylic acid groups (broad SMARTS) is 1. The highest BCUT2D eigenvalue weighted by Gasteiger charge is 2.15. The van der Waals surface area contributed by atoms with E-state index in [4.69, 9.17) is 10.2 Å². The molecule has 0 aliphatic carbocycles. The third-order valence-corrected chi connectivity index (χ3v) is 1.41. The second-order valence-corrected chi connectivity index (χ2v) is 2.45. The molecule has 7 heteroatoms. The summed E-state index contributed by atoms with van der Waals surface area (Å²) in [4.78, 5) is 21.3. The monoisotopic (exact) mass is 200 g/mol. The SMILES string of the molecule is O=C(NC[C@H](O)C(=O)O)c1ccon1. The lowest BCUT2D eigenvalue weighted by molar-refractivity contribution is -0.146. The van der Waals surface area contributed by atoms with E-state index in [2.05, 4.69) is 15.0 Å². The van der Waals surface area contributed by atoms with Crippen molar-refractivity contribution in [2.45, 2.75) is 6.10 Å². The first kappa shape index (κ1) is 10.2. The van der Waals surface area contributed by atoms with E-state index in [0.29, 0.717) is 0 Å². The highest BCUT2D eigenvalue weighted by atomic mass is 16.5. The fourth-order valence-corrected chi connectivity index (χ4v) is 0.697. The molecule has 0 fully saturated rings. The number of carbonyl (C=O) groups is 2. The Morgan fingerprint density at radius 2 is 2.36 bits per heavy atom. The van der Waals surface area contributed by atoms with Crippen LogP contribution in [0.5, 0.6) is 0 Å². The lowest BCUT2D eigenvalue weighted by atomic mass is 10.3. The summed E-state index contributed by atoms with van der Waals surface area (Å²) in [6.45, 7) is -0.374. The first-order chi connectivity index (χ1) is 6.61. The van der Waals surface area contributed by atoms with E-state index in [1.54, 1.807) is 0 Å². The molecular formula is C7H8N2O5. The Kier molecular flexibility index (Phi) is 3.19. The van der Waals surface area contributed by atoms with Crippen LogP contribution in [0.1, 0.15) is 10.5 Å². The van der Waals surface area contributed by atoms with E-state index >= 15 is 0 Å². The zero-order chi connectivity index (χ0) is 10.6. The number of aliphatic carboxylic acids is 1. The predicted octanol–water partition coefficient (Wildman–Crippen LogP) is -1.15. The zero-order valence-electron chi connectivity index (χ0n) is 7.01. The number of hydrogen-bond acceptors (Lipinski definition) is 5. The minimum Gasteiger partial charge on any atom is -0.479 e. The molecule has 0 saturated heterocycles. The van der Waals surface area contributed by atoms with Gasteiger partial charge in [-0.15, -0.1) is 0 Å². The average molecular weight is 200 g/mol. The summed E-state index contributed by atoms with van der Waals surface area (Å²) < 4.78 is 4.40. The maximum atomic E-state index is 11.1. The van der Waals surface area contributed by atoms with Gasteiger partial charge >= 0.3 is 5.97 Å². The van der Waals surface area contributed by atoms with Crippen LogP contribution in [0.25, 0.3) is 0 Å². The summed E-state index contributed by atoms with van der Waals surface area (Å²) in [5, 5.41) is 22.6. The Morgan fingerprint density at radius 1 is 1.64 bits per heavy atom. The van der Waals surface area contributed by atoms with E-state index < -0.39 is 18.0 Å². The first-order valence-corrected chi connectivity index (χ1v) is 3.70. The van der Waals surface area contributed by atoms with Crippen molar-refractivity contribution < 1.29 is 24.3 Å². The lowest BCUT2D eigenvalue weighted by Crippen LogP contribution is -2.36. The van der Waals surface area contributed by atoms with Crippen molar-refractivity contribution in [3.8, 4) is 0 Å². The summed E-state index contributed by atoms with van der Waals surface area (Å²) in [6, 6.07) is 1.32. The van der Waals surface area contributed by atoms with Crippen LogP contribution in [-0.4, -0.2) is 39.9 Å². The van der Waals surface area contributed by atoms with Gasteiger partial charge in [0.15, 0.2) is 11.8 Å². The van der Waals surface area contributed by atoms with Crippen LogP contribution in [0.3, 0.4) is 0 Å². The van der Waals surface area contributed by atoms with Gasteiger partial charge in [-0.3, -0.25) is 4.79 Å². The van der Waals surface area contributed by atoms with Crippen molar-refractivity contribution >= 4 is 11.9 Å². The lowest BCUT2D eigenvalue weighted by Gasteiger charge is -2.05. The van der Waals surface area contributed by atoms with Gasteiger partial charge in [0.05, 0.1) is 6.54 Å². The number of amides is 1. The normalized spacial score (nSPS) is 12.1. The second kappa shape index (κ2) is 4.38. The van der Waals surface area contributed by atoms with E-state index in [1.807, 2.05) is 0 Å². The topological polar surface area (TPSA) is 113 Å². The van der Waals surface area contributed by atoms with E-state index in [9.17, 15) is 9.59 Å². The van der Waals surface area contributed by atoms with Crippen molar-refractivity contribution in [3.05, 3.63) is 18.0 Å². The maximum absolute atomic E-state index is 11.1. The number of nitrogens with one attached hydrogen (secondary N) is 1. The minimum atomic E-state index is -1.62. The average Bonchev–Trinajstić information content (AvgIpc) is 2.66. The Morgan fingerprint density at radius 3 is 2.86 bits per heavy atom. The molecule has 0 saturated carbocycles. The number of carboxylic acids is 1. The zero-order valence-corrected chi connectivity index (χ0v) is 7.01. The van der Waals surface area contributed by atoms with Gasteiger partial charge in [-0.05, 0) is 0 Å². The van der Waals surface area contributed by atoms with Gasteiger partial charge in [0.25, 0.3) is 5.91 Å². The van der Waals surface area contributed by atoms with Crippen LogP contribution in [0, 0.1) is 0 Å². The van der Waals surface area contributed by atoms with Crippen LogP contribution in [0.2, 0.25) is 0 Å². The number of carbonyl (C=O) groups excluding carboxylic acids is 1. The fourth-order valence-electron chi connectivity index (χ4n) is 0.697. The van der Waals surface area contributed by atoms with Crippen molar-refractivity contribution in [3.63, 3.8) is 0 Å². The largest absolute Gasteiger partial charge is 0.479 e. The second-order valence-electron chi connectivity index (χ2n) is 2.45. The molecule has 14 heavy (non-hydrogen) atoms. The Hall–Kier alpha value is -1.89. The molecule has 1 rings (SSSR count). The third kappa shape index (κ3) is 2.56. The third-order valence-electron chi connectivity index (χ3n) is 1.41. The Labute approximate surface area is 78.3 Å². The molecule has 1 heterocycles. The molecule has 1 aromatic heterocycles. The van der Waals surface area contributed by atoms with Gasteiger partial charge < -0.3 is 20.1 Å². The van der Waals surface area contributed by atoms with Crippen molar-refractivity contribution in [1.82, 2.24) is 10.5 Å². The number of aliphatic hydroxyl groups excluding tert-OH is 1.